The number of likely N-dealkylation sites (N-methyl/N-ethyl adjacent to an activating group) is 1. The normalized spacial score (nSPS) is 13.4. The number of rotatable bonds is 10. The third-order valence-electron chi connectivity index (χ3n) is 5.93. The average molecular weight is 552 g/mol. The summed E-state index contributed by atoms with van der Waals surface area (Å²) in [4.78, 5) is 31.4. The van der Waals surface area contributed by atoms with E-state index < -0.39 is 35.8 Å². The smallest absolute Gasteiger partial charge is 0.241 e. The van der Waals surface area contributed by atoms with Crippen LogP contribution in [0.2, 0.25) is 5.02 Å². The SMILES string of the molecule is CNC(CC(N)C(=O)NC(c1ccccc1)c1cnc(-c2ccccc2)s1)C(=O)Nc1ccc(F)c(Cl)c1. The van der Waals surface area contributed by atoms with Crippen LogP contribution < -0.4 is 21.7 Å². The number of thiazole rings is 1. The largest absolute Gasteiger partial charge is 0.343 e. The van der Waals surface area contributed by atoms with Crippen LogP contribution in [-0.4, -0.2) is 35.9 Å². The molecule has 0 aliphatic heterocycles. The van der Waals surface area contributed by atoms with Crippen LogP contribution in [0.1, 0.15) is 22.9 Å². The first-order valence-electron chi connectivity index (χ1n) is 11.9. The zero-order valence-electron chi connectivity index (χ0n) is 20.5. The average Bonchev–Trinajstić information content (AvgIpc) is 3.43. The van der Waals surface area contributed by atoms with Gasteiger partial charge in [-0.1, -0.05) is 72.3 Å². The molecule has 10 heteroatoms. The molecule has 3 aromatic carbocycles. The minimum atomic E-state index is -0.984. The molecule has 4 rings (SSSR count). The summed E-state index contributed by atoms with van der Waals surface area (Å²) in [7, 11) is 1.60. The summed E-state index contributed by atoms with van der Waals surface area (Å²) < 4.78 is 13.4. The maximum Gasteiger partial charge on any atom is 0.241 e. The zero-order chi connectivity index (χ0) is 27.1. The predicted octanol–water partition coefficient (Wildman–Crippen LogP) is 4.75. The van der Waals surface area contributed by atoms with E-state index in [9.17, 15) is 14.0 Å². The number of hydrogen-bond donors (Lipinski definition) is 4. The summed E-state index contributed by atoms with van der Waals surface area (Å²) in [5.41, 5.74) is 8.46. The highest BCUT2D eigenvalue weighted by Gasteiger charge is 2.27. The van der Waals surface area contributed by atoms with Crippen LogP contribution in [0.4, 0.5) is 10.1 Å². The molecule has 0 aliphatic rings. The van der Waals surface area contributed by atoms with Gasteiger partial charge in [-0.15, -0.1) is 11.3 Å². The molecule has 4 aromatic rings. The fourth-order valence-corrected chi connectivity index (χ4v) is 5.05. The highest BCUT2D eigenvalue weighted by molar-refractivity contribution is 7.15. The molecule has 5 N–H and O–H groups in total. The maximum atomic E-state index is 13.4. The number of nitrogens with zero attached hydrogens (tertiary/aromatic N) is 1. The minimum Gasteiger partial charge on any atom is -0.343 e. The molecule has 38 heavy (non-hydrogen) atoms. The second-order valence-corrected chi connectivity index (χ2v) is 10.1. The molecule has 0 fully saturated rings. The number of aromatic nitrogens is 1. The van der Waals surface area contributed by atoms with E-state index in [1.165, 1.54) is 23.5 Å². The second-order valence-electron chi connectivity index (χ2n) is 8.59. The molecule has 3 unspecified atom stereocenters. The Balaban J connectivity index is 1.47. The van der Waals surface area contributed by atoms with Gasteiger partial charge >= 0.3 is 0 Å². The molecule has 0 radical (unpaired) electrons. The molecule has 0 saturated carbocycles. The summed E-state index contributed by atoms with van der Waals surface area (Å²) in [6, 6.07) is 21.0. The number of carbonyl (C=O) groups is 2. The van der Waals surface area contributed by atoms with E-state index in [2.05, 4.69) is 20.9 Å². The Morgan fingerprint density at radius 1 is 1.03 bits per heavy atom. The van der Waals surface area contributed by atoms with Crippen LogP contribution in [0.3, 0.4) is 0 Å². The molecule has 0 spiro atoms. The molecule has 7 nitrogen and oxygen atoms in total. The highest BCUT2D eigenvalue weighted by Crippen LogP contribution is 2.32. The van der Waals surface area contributed by atoms with Gasteiger partial charge in [-0.2, -0.15) is 0 Å². The lowest BCUT2D eigenvalue weighted by molar-refractivity contribution is -0.123. The first kappa shape index (κ1) is 27.4. The summed E-state index contributed by atoms with van der Waals surface area (Å²) in [5.74, 6) is -1.42. The fraction of sp³-hybridized carbons (Fsp3) is 0.179. The van der Waals surface area contributed by atoms with Gasteiger partial charge in [-0.25, -0.2) is 9.37 Å². The Morgan fingerprint density at radius 2 is 1.71 bits per heavy atom. The van der Waals surface area contributed by atoms with Crippen LogP contribution in [0.15, 0.2) is 85.1 Å². The second kappa shape index (κ2) is 12.7. The van der Waals surface area contributed by atoms with E-state index in [0.29, 0.717) is 5.69 Å². The van der Waals surface area contributed by atoms with Gasteiger partial charge < -0.3 is 21.7 Å². The van der Waals surface area contributed by atoms with Crippen molar-refractivity contribution in [2.75, 3.05) is 12.4 Å². The summed E-state index contributed by atoms with van der Waals surface area (Å²) in [5, 5.41) is 9.32. The third-order valence-corrected chi connectivity index (χ3v) is 7.33. The number of nitrogens with one attached hydrogen (secondary N) is 3. The number of hydrogen-bond acceptors (Lipinski definition) is 6. The molecule has 0 saturated heterocycles. The lowest BCUT2D eigenvalue weighted by Crippen LogP contribution is -2.49. The Hall–Kier alpha value is -3.63. The van der Waals surface area contributed by atoms with E-state index in [-0.39, 0.29) is 11.4 Å². The molecule has 1 aromatic heterocycles. The van der Waals surface area contributed by atoms with Crippen molar-refractivity contribution in [2.45, 2.75) is 24.5 Å². The Bertz CT molecular complexity index is 1390. The fourth-order valence-electron chi connectivity index (χ4n) is 3.87. The Labute approximate surface area is 229 Å². The van der Waals surface area contributed by atoms with Crippen molar-refractivity contribution in [2.24, 2.45) is 5.73 Å². The van der Waals surface area contributed by atoms with Gasteiger partial charge in [0.25, 0.3) is 0 Å². The Kier molecular flexibility index (Phi) is 9.19. The van der Waals surface area contributed by atoms with Crippen molar-refractivity contribution < 1.29 is 14.0 Å². The lowest BCUT2D eigenvalue weighted by atomic mass is 10.0. The molecule has 2 amide bonds. The number of anilines is 1. The van der Waals surface area contributed by atoms with Gasteiger partial charge in [-0.3, -0.25) is 9.59 Å². The quantitative estimate of drug-likeness (QED) is 0.227. The summed E-state index contributed by atoms with van der Waals surface area (Å²) in [6.45, 7) is 0. The lowest BCUT2D eigenvalue weighted by Gasteiger charge is -2.23. The number of halogens is 2. The molecule has 0 bridgehead atoms. The van der Waals surface area contributed by atoms with Gasteiger partial charge in [0, 0.05) is 17.4 Å². The number of amides is 2. The van der Waals surface area contributed by atoms with Crippen molar-refractivity contribution in [3.8, 4) is 10.6 Å². The van der Waals surface area contributed by atoms with Crippen molar-refractivity contribution in [1.82, 2.24) is 15.6 Å². The van der Waals surface area contributed by atoms with Crippen LogP contribution >= 0.6 is 22.9 Å². The number of carbonyl (C=O) groups excluding carboxylic acids is 2. The van der Waals surface area contributed by atoms with E-state index in [4.69, 9.17) is 17.3 Å². The summed E-state index contributed by atoms with van der Waals surface area (Å²) in [6.07, 6.45) is 1.79. The van der Waals surface area contributed by atoms with Crippen molar-refractivity contribution in [3.05, 3.63) is 106 Å². The molecular weight excluding hydrogens is 525 g/mol. The van der Waals surface area contributed by atoms with Crippen molar-refractivity contribution in [1.29, 1.82) is 0 Å². The van der Waals surface area contributed by atoms with Gasteiger partial charge in [0.2, 0.25) is 11.8 Å². The van der Waals surface area contributed by atoms with E-state index in [1.54, 1.807) is 13.2 Å². The summed E-state index contributed by atoms with van der Waals surface area (Å²) >= 11 is 7.29. The van der Waals surface area contributed by atoms with Gasteiger partial charge in [-0.05, 0) is 37.2 Å². The van der Waals surface area contributed by atoms with Crippen molar-refractivity contribution in [3.63, 3.8) is 0 Å². The van der Waals surface area contributed by atoms with Gasteiger partial charge in [0.15, 0.2) is 0 Å². The molecular formula is C28H27ClFN5O2S. The van der Waals surface area contributed by atoms with Gasteiger partial charge in [0.1, 0.15) is 10.8 Å². The topological polar surface area (TPSA) is 109 Å². The van der Waals surface area contributed by atoms with E-state index in [1.807, 2.05) is 60.7 Å². The first-order valence-corrected chi connectivity index (χ1v) is 13.1. The monoisotopic (exact) mass is 551 g/mol. The minimum absolute atomic E-state index is 0.0303. The van der Waals surface area contributed by atoms with E-state index in [0.717, 1.165) is 27.1 Å². The first-order chi connectivity index (χ1) is 18.4. The number of nitrogens with two attached hydrogens (primary N) is 1. The zero-order valence-corrected chi connectivity index (χ0v) is 22.1. The Morgan fingerprint density at radius 3 is 2.37 bits per heavy atom. The number of benzene rings is 3. The molecule has 0 aliphatic carbocycles. The maximum absolute atomic E-state index is 13.4. The van der Waals surface area contributed by atoms with E-state index >= 15 is 0 Å². The molecule has 196 valence electrons. The van der Waals surface area contributed by atoms with Crippen LogP contribution in [-0.2, 0) is 9.59 Å². The van der Waals surface area contributed by atoms with Crippen LogP contribution in [0.25, 0.3) is 10.6 Å². The predicted molar refractivity (Wildman–Crippen MR) is 149 cm³/mol. The van der Waals surface area contributed by atoms with Gasteiger partial charge in [0.05, 0.1) is 28.0 Å². The van der Waals surface area contributed by atoms with Crippen LogP contribution in [0.5, 0.6) is 0 Å². The molecule has 1 heterocycles. The molecule has 3 atom stereocenters. The standard InChI is InChI=1S/C28H27ClFN5O2S/c1-32-23(27(37)34-19-12-13-21(30)20(29)14-19)15-22(31)26(36)35-25(17-8-4-2-5-9-17)24-16-33-28(38-24)18-10-6-3-7-11-18/h2-14,16,22-23,25,32H,15,31H2,1H3,(H,34,37)(H,35,36). The van der Waals surface area contributed by atoms with Crippen LogP contribution in [0, 0.1) is 5.82 Å². The highest BCUT2D eigenvalue weighted by atomic mass is 35.5. The third kappa shape index (κ3) is 6.81. The van der Waals surface area contributed by atoms with Crippen molar-refractivity contribution >= 4 is 40.4 Å².